The third-order valence-corrected chi connectivity index (χ3v) is 5.55. The maximum atomic E-state index is 11.0. The first-order valence-corrected chi connectivity index (χ1v) is 10.1. The number of carbonyl (C=O) groups is 2. The number of nitrogens with one attached hydrogen (secondary N) is 1. The Balaban J connectivity index is 2.57. The summed E-state index contributed by atoms with van der Waals surface area (Å²) in [5, 5.41) is 21.4. The van der Waals surface area contributed by atoms with Gasteiger partial charge in [-0.1, -0.05) is 76.7 Å². The van der Waals surface area contributed by atoms with Gasteiger partial charge < -0.3 is 15.5 Å². The van der Waals surface area contributed by atoms with Crippen LogP contribution in [0, 0.1) is 0 Å². The van der Waals surface area contributed by atoms with Crippen molar-refractivity contribution >= 4 is 58.3 Å². The first-order valence-electron chi connectivity index (χ1n) is 8.54. The molecule has 0 saturated carbocycles. The van der Waals surface area contributed by atoms with Crippen molar-refractivity contribution in [2.75, 3.05) is 0 Å². The summed E-state index contributed by atoms with van der Waals surface area (Å²) in [7, 11) is 0. The van der Waals surface area contributed by atoms with Crippen LogP contribution in [0.2, 0.25) is 0 Å². The Morgan fingerprint density at radius 3 is 1.74 bits per heavy atom. The number of benzene rings is 1. The third kappa shape index (κ3) is 9.35. The van der Waals surface area contributed by atoms with Crippen LogP contribution in [-0.4, -0.2) is 36.9 Å². The molecule has 1 aromatic rings. The van der Waals surface area contributed by atoms with Crippen LogP contribution in [0.4, 0.5) is 0 Å². The van der Waals surface area contributed by atoms with Crippen molar-refractivity contribution in [1.29, 1.82) is 0 Å². The molecule has 9 heteroatoms. The van der Waals surface area contributed by atoms with E-state index in [9.17, 15) is 9.59 Å². The fourth-order valence-electron chi connectivity index (χ4n) is 2.56. The zero-order valence-electron chi connectivity index (χ0n) is 14.6. The van der Waals surface area contributed by atoms with E-state index in [-0.39, 0.29) is 18.9 Å². The lowest BCUT2D eigenvalue weighted by Gasteiger charge is -2.22. The standard InChI is InChI=1S/C18H23Cl4NO4/c19-17(20,15(24)25)10-4-8-14(9-5-11-18(21,22)16(26)27)23-12-13-6-2-1-3-7-13/h1-3,6-7,14,23H,4-5,8-12H2,(H,24,25)(H,26,27). The summed E-state index contributed by atoms with van der Waals surface area (Å²) >= 11 is 23.1. The molecule has 0 bridgehead atoms. The molecule has 0 saturated heterocycles. The van der Waals surface area contributed by atoms with Crippen LogP contribution in [0.15, 0.2) is 30.3 Å². The molecule has 0 fully saturated rings. The van der Waals surface area contributed by atoms with Gasteiger partial charge in [-0.15, -0.1) is 0 Å². The summed E-state index contributed by atoms with van der Waals surface area (Å²) in [5.41, 5.74) is 1.10. The quantitative estimate of drug-likeness (QED) is 0.362. The van der Waals surface area contributed by atoms with Gasteiger partial charge in [-0.05, 0) is 44.1 Å². The molecule has 1 aromatic carbocycles. The highest BCUT2D eigenvalue weighted by Gasteiger charge is 2.34. The van der Waals surface area contributed by atoms with Crippen molar-refractivity contribution in [1.82, 2.24) is 5.32 Å². The van der Waals surface area contributed by atoms with E-state index in [1.165, 1.54) is 0 Å². The molecule has 0 spiro atoms. The van der Waals surface area contributed by atoms with Crippen molar-refractivity contribution in [3.8, 4) is 0 Å². The highest BCUT2D eigenvalue weighted by Crippen LogP contribution is 2.30. The van der Waals surface area contributed by atoms with Crippen molar-refractivity contribution in [3.63, 3.8) is 0 Å². The molecule has 0 amide bonds. The second kappa shape index (κ2) is 11.3. The van der Waals surface area contributed by atoms with Gasteiger partial charge in [0.05, 0.1) is 0 Å². The molecule has 0 atom stereocenters. The van der Waals surface area contributed by atoms with Crippen molar-refractivity contribution in [2.45, 2.75) is 59.8 Å². The molecule has 27 heavy (non-hydrogen) atoms. The molecular weight excluding hydrogens is 436 g/mol. The van der Waals surface area contributed by atoms with Gasteiger partial charge in [-0.3, -0.25) is 0 Å². The van der Waals surface area contributed by atoms with Crippen LogP contribution >= 0.6 is 46.4 Å². The van der Waals surface area contributed by atoms with Gasteiger partial charge >= 0.3 is 11.9 Å². The average molecular weight is 459 g/mol. The first-order chi connectivity index (χ1) is 12.5. The third-order valence-electron chi connectivity index (χ3n) is 4.15. The second-order valence-corrected chi connectivity index (χ2v) is 9.33. The van der Waals surface area contributed by atoms with Gasteiger partial charge in [0.25, 0.3) is 0 Å². The SMILES string of the molecule is O=C(O)C(Cl)(Cl)CCCC(CCCC(Cl)(Cl)C(=O)O)NCc1ccccc1. The van der Waals surface area contributed by atoms with E-state index in [4.69, 9.17) is 56.6 Å². The van der Waals surface area contributed by atoms with Gasteiger partial charge in [0, 0.05) is 12.6 Å². The van der Waals surface area contributed by atoms with Crippen LogP contribution < -0.4 is 5.32 Å². The average Bonchev–Trinajstić information content (AvgIpc) is 2.59. The number of alkyl halides is 4. The number of hydrogen-bond acceptors (Lipinski definition) is 3. The minimum atomic E-state index is -1.81. The summed E-state index contributed by atoms with van der Waals surface area (Å²) in [5.74, 6) is -2.54. The van der Waals surface area contributed by atoms with E-state index < -0.39 is 20.6 Å². The topological polar surface area (TPSA) is 86.6 Å². The molecule has 5 nitrogen and oxygen atoms in total. The van der Waals surface area contributed by atoms with E-state index in [0.717, 1.165) is 5.56 Å². The lowest BCUT2D eigenvalue weighted by atomic mass is 10.0. The minimum absolute atomic E-state index is 0.0149. The Bertz CT molecular complexity index is 579. The molecular formula is C18H23Cl4NO4. The molecule has 3 N–H and O–H groups in total. The molecule has 0 aliphatic carbocycles. The van der Waals surface area contributed by atoms with Gasteiger partial charge in [0.1, 0.15) is 0 Å². The lowest BCUT2D eigenvalue weighted by Crippen LogP contribution is -2.31. The fraction of sp³-hybridized carbons (Fsp3) is 0.556. The van der Waals surface area contributed by atoms with Gasteiger partial charge in [-0.2, -0.15) is 0 Å². The van der Waals surface area contributed by atoms with E-state index in [1.807, 2.05) is 30.3 Å². The zero-order valence-corrected chi connectivity index (χ0v) is 17.7. The number of carboxylic acid groups (broad SMARTS) is 2. The van der Waals surface area contributed by atoms with Crippen molar-refractivity contribution in [3.05, 3.63) is 35.9 Å². The fourth-order valence-corrected chi connectivity index (χ4v) is 3.10. The predicted octanol–water partition coefficient (Wildman–Crippen LogP) is 5.00. The Kier molecular flexibility index (Phi) is 10.2. The monoisotopic (exact) mass is 457 g/mol. The van der Waals surface area contributed by atoms with Crippen LogP contribution in [0.5, 0.6) is 0 Å². The second-order valence-electron chi connectivity index (χ2n) is 6.37. The number of hydrogen-bond donors (Lipinski definition) is 3. The molecule has 152 valence electrons. The number of halogens is 4. The number of carboxylic acids is 2. The highest BCUT2D eigenvalue weighted by atomic mass is 35.5. The van der Waals surface area contributed by atoms with E-state index in [1.54, 1.807) is 0 Å². The summed E-state index contributed by atoms with van der Waals surface area (Å²) in [6, 6.07) is 9.81. The van der Waals surface area contributed by atoms with E-state index in [0.29, 0.717) is 32.2 Å². The van der Waals surface area contributed by atoms with Crippen LogP contribution in [0.25, 0.3) is 0 Å². The van der Waals surface area contributed by atoms with Crippen LogP contribution in [-0.2, 0) is 16.1 Å². The minimum Gasteiger partial charge on any atom is -0.479 e. The predicted molar refractivity (Wildman–Crippen MR) is 109 cm³/mol. The molecule has 0 heterocycles. The molecule has 0 radical (unpaired) electrons. The lowest BCUT2D eigenvalue weighted by molar-refractivity contribution is -0.138. The maximum absolute atomic E-state index is 11.0. The number of aliphatic carboxylic acids is 2. The summed E-state index contributed by atoms with van der Waals surface area (Å²) in [6.07, 6.45) is 2.48. The molecule has 0 unspecified atom stereocenters. The largest absolute Gasteiger partial charge is 0.479 e. The van der Waals surface area contributed by atoms with Crippen molar-refractivity contribution in [2.24, 2.45) is 0 Å². The Hall–Kier alpha value is -0.720. The molecule has 0 aromatic heterocycles. The van der Waals surface area contributed by atoms with E-state index >= 15 is 0 Å². The molecule has 0 aliphatic rings. The van der Waals surface area contributed by atoms with Gasteiger partial charge in [0.2, 0.25) is 8.67 Å². The summed E-state index contributed by atoms with van der Waals surface area (Å²) in [4.78, 5) is 22.0. The summed E-state index contributed by atoms with van der Waals surface area (Å²) < 4.78 is -3.62. The number of rotatable bonds is 13. The van der Waals surface area contributed by atoms with Crippen molar-refractivity contribution < 1.29 is 19.8 Å². The van der Waals surface area contributed by atoms with Crippen LogP contribution in [0.3, 0.4) is 0 Å². The Morgan fingerprint density at radius 2 is 1.33 bits per heavy atom. The Morgan fingerprint density at radius 1 is 0.889 bits per heavy atom. The highest BCUT2D eigenvalue weighted by molar-refractivity contribution is 6.57. The zero-order chi connectivity index (χ0) is 20.5. The normalized spacial score (nSPS) is 12.3. The van der Waals surface area contributed by atoms with Crippen LogP contribution in [0.1, 0.15) is 44.1 Å². The van der Waals surface area contributed by atoms with Gasteiger partial charge in [-0.25, -0.2) is 9.59 Å². The van der Waals surface area contributed by atoms with Gasteiger partial charge in [0.15, 0.2) is 0 Å². The molecule has 0 aliphatic heterocycles. The Labute approximate surface area is 178 Å². The first kappa shape index (κ1) is 24.3. The molecule has 1 rings (SSSR count). The summed E-state index contributed by atoms with van der Waals surface area (Å²) in [6.45, 7) is 0.628. The smallest absolute Gasteiger partial charge is 0.340 e. The van der Waals surface area contributed by atoms with E-state index in [2.05, 4.69) is 5.32 Å². The maximum Gasteiger partial charge on any atom is 0.340 e.